The van der Waals surface area contributed by atoms with Crippen LogP contribution >= 0.6 is 0 Å². The molecule has 1 N–H and O–H groups in total. The summed E-state index contributed by atoms with van der Waals surface area (Å²) < 4.78 is 9.76. The van der Waals surface area contributed by atoms with Crippen molar-refractivity contribution in [2.75, 3.05) is 18.4 Å². The summed E-state index contributed by atoms with van der Waals surface area (Å²) in [6, 6.07) is 4.78. The molecule has 1 fully saturated rings. The summed E-state index contributed by atoms with van der Waals surface area (Å²) in [5, 5.41) is 6.18. The number of rotatable bonds is 6. The third-order valence-corrected chi connectivity index (χ3v) is 3.23. The molecule has 1 saturated carbocycles. The van der Waals surface area contributed by atoms with Gasteiger partial charge in [0, 0.05) is 12.6 Å². The van der Waals surface area contributed by atoms with Crippen LogP contribution < -0.4 is 5.32 Å². The molecule has 0 saturated heterocycles. The Kier molecular flexibility index (Phi) is 3.72. The summed E-state index contributed by atoms with van der Waals surface area (Å²) in [5.74, 6) is 0.456. The molecular formula is C14H15N3O4. The largest absolute Gasteiger partial charge is 0.459 e. The SMILES string of the molecule is O=C(CN(CC1CC1)C(=O)c1ccco1)Nc1ccon1. The molecular weight excluding hydrogens is 274 g/mol. The Balaban J connectivity index is 1.64. The predicted octanol–water partition coefficient (Wildman–Crippen LogP) is 1.76. The second-order valence-corrected chi connectivity index (χ2v) is 5.04. The van der Waals surface area contributed by atoms with E-state index in [0.717, 1.165) is 12.8 Å². The fourth-order valence-corrected chi connectivity index (χ4v) is 2.02. The number of hydrogen-bond acceptors (Lipinski definition) is 5. The van der Waals surface area contributed by atoms with E-state index in [9.17, 15) is 9.59 Å². The summed E-state index contributed by atoms with van der Waals surface area (Å²) >= 11 is 0. The van der Waals surface area contributed by atoms with E-state index in [0.29, 0.717) is 18.3 Å². The van der Waals surface area contributed by atoms with E-state index in [2.05, 4.69) is 15.0 Å². The van der Waals surface area contributed by atoms with Crippen LogP contribution in [0.15, 0.2) is 39.7 Å². The van der Waals surface area contributed by atoms with Crippen molar-refractivity contribution in [2.24, 2.45) is 5.92 Å². The maximum Gasteiger partial charge on any atom is 0.290 e. The number of amides is 2. The molecule has 21 heavy (non-hydrogen) atoms. The van der Waals surface area contributed by atoms with Crippen molar-refractivity contribution in [2.45, 2.75) is 12.8 Å². The molecule has 2 aromatic heterocycles. The van der Waals surface area contributed by atoms with Gasteiger partial charge >= 0.3 is 0 Å². The number of aromatic nitrogens is 1. The van der Waals surface area contributed by atoms with E-state index in [4.69, 9.17) is 4.42 Å². The van der Waals surface area contributed by atoms with E-state index in [1.54, 1.807) is 12.1 Å². The first kappa shape index (κ1) is 13.4. The zero-order valence-corrected chi connectivity index (χ0v) is 11.3. The third kappa shape index (κ3) is 3.50. The van der Waals surface area contributed by atoms with Gasteiger partial charge in [0.1, 0.15) is 12.8 Å². The molecule has 2 heterocycles. The molecule has 0 aromatic carbocycles. The summed E-state index contributed by atoms with van der Waals surface area (Å²) in [7, 11) is 0. The fourth-order valence-electron chi connectivity index (χ4n) is 2.02. The topological polar surface area (TPSA) is 88.6 Å². The quantitative estimate of drug-likeness (QED) is 0.875. The van der Waals surface area contributed by atoms with Crippen molar-refractivity contribution in [1.29, 1.82) is 0 Å². The summed E-state index contributed by atoms with van der Waals surface area (Å²) in [6.07, 6.45) is 4.99. The average molecular weight is 289 g/mol. The zero-order valence-electron chi connectivity index (χ0n) is 11.3. The van der Waals surface area contributed by atoms with Crippen LogP contribution in [0.4, 0.5) is 5.82 Å². The highest BCUT2D eigenvalue weighted by Gasteiger charge is 2.29. The number of anilines is 1. The van der Waals surface area contributed by atoms with E-state index < -0.39 is 0 Å². The van der Waals surface area contributed by atoms with E-state index >= 15 is 0 Å². The van der Waals surface area contributed by atoms with Crippen molar-refractivity contribution in [3.63, 3.8) is 0 Å². The van der Waals surface area contributed by atoms with Crippen LogP contribution in [0.3, 0.4) is 0 Å². The molecule has 7 nitrogen and oxygen atoms in total. The van der Waals surface area contributed by atoms with Crippen molar-refractivity contribution in [3.05, 3.63) is 36.5 Å². The number of carbonyl (C=O) groups excluding carboxylic acids is 2. The van der Waals surface area contributed by atoms with E-state index in [1.165, 1.54) is 23.5 Å². The minimum absolute atomic E-state index is 0.0388. The highest BCUT2D eigenvalue weighted by Crippen LogP contribution is 2.30. The van der Waals surface area contributed by atoms with Gasteiger partial charge in [-0.15, -0.1) is 0 Å². The molecule has 0 atom stereocenters. The fraction of sp³-hybridized carbons (Fsp3) is 0.357. The maximum absolute atomic E-state index is 12.3. The summed E-state index contributed by atoms with van der Waals surface area (Å²) in [5.41, 5.74) is 0. The second kappa shape index (κ2) is 5.82. The molecule has 1 aliphatic carbocycles. The van der Waals surface area contributed by atoms with Gasteiger partial charge < -0.3 is 19.2 Å². The molecule has 0 spiro atoms. The zero-order chi connectivity index (χ0) is 14.7. The van der Waals surface area contributed by atoms with Gasteiger partial charge in [0.2, 0.25) is 5.91 Å². The molecule has 0 bridgehead atoms. The Morgan fingerprint density at radius 3 is 2.81 bits per heavy atom. The Morgan fingerprint density at radius 1 is 1.33 bits per heavy atom. The van der Waals surface area contributed by atoms with Crippen LogP contribution in [-0.2, 0) is 4.79 Å². The van der Waals surface area contributed by atoms with Gasteiger partial charge in [0.15, 0.2) is 11.6 Å². The van der Waals surface area contributed by atoms with Gasteiger partial charge in [-0.2, -0.15) is 0 Å². The second-order valence-electron chi connectivity index (χ2n) is 5.04. The van der Waals surface area contributed by atoms with E-state index in [1.807, 2.05) is 0 Å². The van der Waals surface area contributed by atoms with Crippen LogP contribution in [0.5, 0.6) is 0 Å². The first-order chi connectivity index (χ1) is 10.2. The molecule has 3 rings (SSSR count). The van der Waals surface area contributed by atoms with Gasteiger partial charge in [-0.05, 0) is 30.9 Å². The van der Waals surface area contributed by atoms with Crippen molar-refractivity contribution >= 4 is 17.6 Å². The van der Waals surface area contributed by atoms with Crippen LogP contribution in [0.1, 0.15) is 23.4 Å². The third-order valence-electron chi connectivity index (χ3n) is 3.23. The van der Waals surface area contributed by atoms with Gasteiger partial charge in [-0.25, -0.2) is 0 Å². The number of nitrogens with zero attached hydrogens (tertiary/aromatic N) is 2. The van der Waals surface area contributed by atoms with Crippen LogP contribution in [0, 0.1) is 5.92 Å². The molecule has 110 valence electrons. The lowest BCUT2D eigenvalue weighted by atomic mass is 10.3. The molecule has 0 radical (unpaired) electrons. The summed E-state index contributed by atoms with van der Waals surface area (Å²) in [4.78, 5) is 25.8. The van der Waals surface area contributed by atoms with Gasteiger partial charge in [-0.3, -0.25) is 9.59 Å². The minimum atomic E-state index is -0.315. The Morgan fingerprint density at radius 2 is 2.19 bits per heavy atom. The van der Waals surface area contributed by atoms with Crippen LogP contribution in [0.2, 0.25) is 0 Å². The van der Waals surface area contributed by atoms with Crippen molar-refractivity contribution in [1.82, 2.24) is 10.1 Å². The van der Waals surface area contributed by atoms with Gasteiger partial charge in [0.05, 0.1) is 6.26 Å². The molecule has 0 aliphatic heterocycles. The monoisotopic (exact) mass is 289 g/mol. The van der Waals surface area contributed by atoms with Crippen LogP contribution in [0.25, 0.3) is 0 Å². The van der Waals surface area contributed by atoms with E-state index in [-0.39, 0.29) is 24.1 Å². The average Bonchev–Trinajstić information content (AvgIpc) is 2.96. The van der Waals surface area contributed by atoms with Gasteiger partial charge in [-0.1, -0.05) is 5.16 Å². The molecule has 0 unspecified atom stereocenters. The Hall–Kier alpha value is -2.57. The normalized spacial score (nSPS) is 13.9. The number of carbonyl (C=O) groups is 2. The lowest BCUT2D eigenvalue weighted by Gasteiger charge is -2.20. The predicted molar refractivity (Wildman–Crippen MR) is 72.5 cm³/mol. The Bertz CT molecular complexity index is 602. The van der Waals surface area contributed by atoms with Crippen molar-refractivity contribution in [3.8, 4) is 0 Å². The smallest absolute Gasteiger partial charge is 0.290 e. The van der Waals surface area contributed by atoms with Gasteiger partial charge in [0.25, 0.3) is 5.91 Å². The first-order valence-electron chi connectivity index (χ1n) is 6.75. The standard InChI is InChI=1S/C14H15N3O4/c18-13(15-12-5-7-21-16-12)9-17(8-10-3-4-10)14(19)11-2-1-6-20-11/h1-2,5-7,10H,3-4,8-9H2,(H,15,16,18). The molecule has 7 heteroatoms. The Labute approximate surface area is 120 Å². The number of hydrogen-bond donors (Lipinski definition) is 1. The number of furan rings is 1. The van der Waals surface area contributed by atoms with Crippen LogP contribution in [-0.4, -0.2) is 35.0 Å². The molecule has 2 amide bonds. The first-order valence-corrected chi connectivity index (χ1v) is 6.75. The molecule has 1 aliphatic rings. The minimum Gasteiger partial charge on any atom is -0.459 e. The number of nitrogens with one attached hydrogen (secondary N) is 1. The maximum atomic E-state index is 12.3. The summed E-state index contributed by atoms with van der Waals surface area (Å²) in [6.45, 7) is 0.522. The highest BCUT2D eigenvalue weighted by molar-refractivity contribution is 5.97. The lowest BCUT2D eigenvalue weighted by Crippen LogP contribution is -2.39. The molecule has 2 aromatic rings. The van der Waals surface area contributed by atoms with Crippen molar-refractivity contribution < 1.29 is 18.5 Å². The highest BCUT2D eigenvalue weighted by atomic mass is 16.5. The lowest BCUT2D eigenvalue weighted by molar-refractivity contribution is -0.117.